The Balaban J connectivity index is 1.99. The Morgan fingerprint density at radius 2 is 1.86 bits per heavy atom. The number of alkyl halides is 3. The first-order valence-corrected chi connectivity index (χ1v) is 7.02. The van der Waals surface area contributed by atoms with Gasteiger partial charge in [0.05, 0.1) is 0 Å². The second kappa shape index (κ2) is 5.77. The minimum Gasteiger partial charge on any atom is -0.444 e. The van der Waals surface area contributed by atoms with Crippen LogP contribution >= 0.6 is 0 Å². The van der Waals surface area contributed by atoms with Gasteiger partial charge in [0.25, 0.3) is 0 Å². The molecular formula is C13H19F3N4O2. The highest BCUT2D eigenvalue weighted by Crippen LogP contribution is 2.32. The molecule has 9 heteroatoms. The molecule has 1 saturated heterocycles. The molecule has 1 aliphatic rings. The molecule has 2 rings (SSSR count). The number of piperidine rings is 1. The highest BCUT2D eigenvalue weighted by molar-refractivity contribution is 5.68. The van der Waals surface area contributed by atoms with E-state index in [1.807, 2.05) is 0 Å². The molecule has 1 aromatic rings. The number of carbonyl (C=O) groups excluding carboxylic acids is 1. The fraction of sp³-hybridized carbons (Fsp3) is 0.769. The predicted octanol–water partition coefficient (Wildman–Crippen LogP) is 2.87. The Hall–Kier alpha value is -1.80. The van der Waals surface area contributed by atoms with Crippen molar-refractivity contribution < 1.29 is 22.7 Å². The molecule has 0 atom stereocenters. The summed E-state index contributed by atoms with van der Waals surface area (Å²) in [4.78, 5) is 13.4. The van der Waals surface area contributed by atoms with Crippen LogP contribution < -0.4 is 0 Å². The Labute approximate surface area is 126 Å². The predicted molar refractivity (Wildman–Crippen MR) is 71.1 cm³/mol. The van der Waals surface area contributed by atoms with E-state index >= 15 is 0 Å². The number of hydrogen-bond donors (Lipinski definition) is 0. The molecule has 0 spiro atoms. The van der Waals surface area contributed by atoms with Gasteiger partial charge in [0.15, 0.2) is 0 Å². The maximum Gasteiger partial charge on any atom is 0.451 e. The second-order valence-electron chi connectivity index (χ2n) is 6.26. The molecule has 0 aliphatic carbocycles. The lowest BCUT2D eigenvalue weighted by Gasteiger charge is -2.34. The van der Waals surface area contributed by atoms with Crippen LogP contribution in [0.4, 0.5) is 18.0 Å². The molecule has 1 amide bonds. The summed E-state index contributed by atoms with van der Waals surface area (Å²) in [7, 11) is 0. The van der Waals surface area contributed by atoms with E-state index in [2.05, 4.69) is 10.2 Å². The zero-order valence-electron chi connectivity index (χ0n) is 12.7. The van der Waals surface area contributed by atoms with Gasteiger partial charge in [0.2, 0.25) is 5.82 Å². The van der Waals surface area contributed by atoms with Crippen molar-refractivity contribution in [3.63, 3.8) is 0 Å². The molecule has 22 heavy (non-hydrogen) atoms. The number of amides is 1. The topological polar surface area (TPSA) is 60.2 Å². The lowest BCUT2D eigenvalue weighted by molar-refractivity contribution is -0.148. The molecule has 0 radical (unpaired) electrons. The van der Waals surface area contributed by atoms with Crippen molar-refractivity contribution in [3.05, 3.63) is 12.2 Å². The van der Waals surface area contributed by atoms with Crippen molar-refractivity contribution in [2.75, 3.05) is 13.1 Å². The summed E-state index contributed by atoms with van der Waals surface area (Å²) in [6, 6.07) is -0.370. The van der Waals surface area contributed by atoms with Crippen LogP contribution in [-0.2, 0) is 10.9 Å². The fourth-order valence-corrected chi connectivity index (χ4v) is 2.37. The number of hydrogen-bond acceptors (Lipinski definition) is 4. The minimum absolute atomic E-state index is 0.342. The molecule has 124 valence electrons. The zero-order chi connectivity index (χ0) is 16.5. The van der Waals surface area contributed by atoms with E-state index in [0.29, 0.717) is 25.9 Å². The standard InChI is InChI=1S/C13H19F3N4O2/c1-12(2,3)22-11(21)19-6-4-9(5-7-19)20-8-17-18-10(20)13(14,15)16/h8-9H,4-7H2,1-3H3. The molecule has 0 bridgehead atoms. The van der Waals surface area contributed by atoms with Crippen molar-refractivity contribution in [1.82, 2.24) is 19.7 Å². The van der Waals surface area contributed by atoms with Crippen molar-refractivity contribution in [3.8, 4) is 0 Å². The lowest BCUT2D eigenvalue weighted by Crippen LogP contribution is -2.42. The van der Waals surface area contributed by atoms with Gasteiger partial charge in [-0.3, -0.25) is 0 Å². The van der Waals surface area contributed by atoms with E-state index in [9.17, 15) is 18.0 Å². The molecule has 0 N–H and O–H groups in total. The summed E-state index contributed by atoms with van der Waals surface area (Å²) in [5.74, 6) is -0.997. The number of nitrogens with zero attached hydrogens (tertiary/aromatic N) is 4. The number of ether oxygens (including phenoxy) is 1. The van der Waals surface area contributed by atoms with Crippen molar-refractivity contribution >= 4 is 6.09 Å². The third kappa shape index (κ3) is 3.89. The third-order valence-electron chi connectivity index (χ3n) is 3.34. The summed E-state index contributed by atoms with van der Waals surface area (Å²) in [5.41, 5.74) is -0.592. The first-order chi connectivity index (χ1) is 10.1. The highest BCUT2D eigenvalue weighted by Gasteiger charge is 2.39. The Bertz CT molecular complexity index is 528. The van der Waals surface area contributed by atoms with Crippen molar-refractivity contribution in [2.24, 2.45) is 0 Å². The Morgan fingerprint density at radius 1 is 1.27 bits per heavy atom. The SMILES string of the molecule is CC(C)(C)OC(=O)N1CCC(n2cnnc2C(F)(F)F)CC1. The van der Waals surface area contributed by atoms with E-state index in [4.69, 9.17) is 4.74 Å². The van der Waals surface area contributed by atoms with Crippen molar-refractivity contribution in [1.29, 1.82) is 0 Å². The highest BCUT2D eigenvalue weighted by atomic mass is 19.4. The Kier molecular flexibility index (Phi) is 4.35. The molecule has 1 aromatic heterocycles. The average Bonchev–Trinajstić information content (AvgIpc) is 2.86. The summed E-state index contributed by atoms with van der Waals surface area (Å²) in [6.45, 7) is 5.99. The van der Waals surface area contributed by atoms with Crippen LogP contribution in [0, 0.1) is 0 Å². The van der Waals surface area contributed by atoms with Crippen LogP contribution in [0.3, 0.4) is 0 Å². The molecule has 0 aromatic carbocycles. The van der Waals surface area contributed by atoms with Crippen LogP contribution in [0.25, 0.3) is 0 Å². The third-order valence-corrected chi connectivity index (χ3v) is 3.34. The normalized spacial score (nSPS) is 17.6. The molecule has 0 unspecified atom stereocenters. The maximum absolute atomic E-state index is 12.8. The van der Waals surface area contributed by atoms with E-state index in [-0.39, 0.29) is 6.04 Å². The van der Waals surface area contributed by atoms with E-state index in [1.54, 1.807) is 20.8 Å². The van der Waals surface area contributed by atoms with Crippen LogP contribution in [0.2, 0.25) is 0 Å². The van der Waals surface area contributed by atoms with Crippen LogP contribution in [0.15, 0.2) is 6.33 Å². The molecule has 1 aliphatic heterocycles. The smallest absolute Gasteiger partial charge is 0.444 e. The summed E-state index contributed by atoms with van der Waals surface area (Å²) in [5, 5.41) is 6.50. The van der Waals surface area contributed by atoms with Crippen LogP contribution in [0.1, 0.15) is 45.5 Å². The van der Waals surface area contributed by atoms with Gasteiger partial charge in [0.1, 0.15) is 11.9 Å². The second-order valence-corrected chi connectivity index (χ2v) is 6.26. The van der Waals surface area contributed by atoms with Crippen molar-refractivity contribution in [2.45, 2.75) is 51.4 Å². The van der Waals surface area contributed by atoms with E-state index in [1.165, 1.54) is 4.90 Å². The van der Waals surface area contributed by atoms with Crippen LogP contribution in [0.5, 0.6) is 0 Å². The maximum atomic E-state index is 12.8. The minimum atomic E-state index is -4.53. The van der Waals surface area contributed by atoms with Gasteiger partial charge in [-0.25, -0.2) is 4.79 Å². The monoisotopic (exact) mass is 320 g/mol. The number of aromatic nitrogens is 3. The summed E-state index contributed by atoms with van der Waals surface area (Å²) < 4.78 is 44.8. The largest absolute Gasteiger partial charge is 0.451 e. The Morgan fingerprint density at radius 3 is 2.36 bits per heavy atom. The van der Waals surface area contributed by atoms with Gasteiger partial charge in [-0.2, -0.15) is 13.2 Å². The van der Waals surface area contributed by atoms with Gasteiger partial charge in [-0.05, 0) is 33.6 Å². The lowest BCUT2D eigenvalue weighted by atomic mass is 10.1. The van der Waals surface area contributed by atoms with E-state index in [0.717, 1.165) is 10.9 Å². The first kappa shape index (κ1) is 16.6. The molecular weight excluding hydrogens is 301 g/mol. The summed E-state index contributed by atoms with van der Waals surface area (Å²) >= 11 is 0. The average molecular weight is 320 g/mol. The fourth-order valence-electron chi connectivity index (χ4n) is 2.37. The number of carbonyl (C=O) groups is 1. The van der Waals surface area contributed by atoms with Gasteiger partial charge in [-0.1, -0.05) is 0 Å². The first-order valence-electron chi connectivity index (χ1n) is 7.02. The van der Waals surface area contributed by atoms with Gasteiger partial charge in [-0.15, -0.1) is 10.2 Å². The van der Waals surface area contributed by atoms with Gasteiger partial charge < -0.3 is 14.2 Å². The summed E-state index contributed by atoms with van der Waals surface area (Å²) in [6.07, 6.45) is -3.07. The molecule has 6 nitrogen and oxygen atoms in total. The molecule has 0 saturated carbocycles. The number of halogens is 3. The zero-order valence-corrected chi connectivity index (χ0v) is 12.7. The number of rotatable bonds is 1. The van der Waals surface area contributed by atoms with Gasteiger partial charge >= 0.3 is 12.3 Å². The quantitative estimate of drug-likeness (QED) is 0.798. The number of likely N-dealkylation sites (tertiary alicyclic amines) is 1. The molecule has 1 fully saturated rings. The van der Waals surface area contributed by atoms with Gasteiger partial charge in [0, 0.05) is 19.1 Å². The molecule has 2 heterocycles. The van der Waals surface area contributed by atoms with E-state index < -0.39 is 23.7 Å². The van der Waals surface area contributed by atoms with Crippen LogP contribution in [-0.4, -0.2) is 44.4 Å².